The van der Waals surface area contributed by atoms with Gasteiger partial charge in [0.05, 0.1) is 10.4 Å². The average Bonchev–Trinajstić information content (AvgIpc) is 3.35. The Labute approximate surface area is 155 Å². The van der Waals surface area contributed by atoms with Gasteiger partial charge in [0.2, 0.25) is 5.91 Å². The first-order valence-corrected chi connectivity index (χ1v) is 9.88. The topological polar surface area (TPSA) is 105 Å². The molecule has 1 amide bonds. The molecule has 8 heteroatoms. The standard InChI is InChI=1S/C19H16N4O3S/c1-12-6-8-13(9-7-12)27(25,26)23-11-17(14-4-2-3-5-18(14)23)15-10-16(15)19(24)21-22-20/h2-9,11,15-16H,10H2,1H3/t15-,16-/m0/s1. The lowest BCUT2D eigenvalue weighted by Crippen LogP contribution is -2.11. The lowest BCUT2D eigenvalue weighted by molar-refractivity contribution is -0.119. The van der Waals surface area contributed by atoms with Crippen LogP contribution in [0.1, 0.15) is 23.5 Å². The second-order valence-electron chi connectivity index (χ2n) is 6.69. The van der Waals surface area contributed by atoms with Crippen molar-refractivity contribution < 1.29 is 13.2 Å². The lowest BCUT2D eigenvalue weighted by atomic mass is 10.1. The van der Waals surface area contributed by atoms with Gasteiger partial charge in [-0.25, -0.2) is 12.4 Å². The molecule has 1 aliphatic carbocycles. The number of para-hydroxylation sites is 1. The maximum absolute atomic E-state index is 13.2. The number of carbonyl (C=O) groups excluding carboxylic acids is 1. The Kier molecular flexibility index (Phi) is 4.02. The minimum Gasteiger partial charge on any atom is -0.292 e. The van der Waals surface area contributed by atoms with Crippen molar-refractivity contribution in [3.05, 3.63) is 76.3 Å². The normalized spacial score (nSPS) is 18.9. The smallest absolute Gasteiger partial charge is 0.268 e. The van der Waals surface area contributed by atoms with Gasteiger partial charge in [-0.15, -0.1) is 0 Å². The fraction of sp³-hybridized carbons (Fsp3) is 0.211. The summed E-state index contributed by atoms with van der Waals surface area (Å²) >= 11 is 0. The molecule has 7 nitrogen and oxygen atoms in total. The number of amides is 1. The zero-order valence-electron chi connectivity index (χ0n) is 14.5. The lowest BCUT2D eigenvalue weighted by Gasteiger charge is -2.07. The summed E-state index contributed by atoms with van der Waals surface area (Å²) in [5.41, 5.74) is 10.8. The quantitative estimate of drug-likeness (QED) is 0.386. The van der Waals surface area contributed by atoms with Crippen LogP contribution in [0.5, 0.6) is 0 Å². The van der Waals surface area contributed by atoms with Crippen LogP contribution in [0.4, 0.5) is 0 Å². The minimum absolute atomic E-state index is 0.137. The van der Waals surface area contributed by atoms with Gasteiger partial charge in [0.15, 0.2) is 0 Å². The molecule has 0 bridgehead atoms. The van der Waals surface area contributed by atoms with Gasteiger partial charge < -0.3 is 0 Å². The summed E-state index contributed by atoms with van der Waals surface area (Å²) in [5.74, 6) is -1.02. The third-order valence-electron chi connectivity index (χ3n) is 4.94. The number of aryl methyl sites for hydroxylation is 1. The third kappa shape index (κ3) is 2.89. The molecule has 1 fully saturated rings. The van der Waals surface area contributed by atoms with Crippen LogP contribution in [0.3, 0.4) is 0 Å². The molecule has 0 radical (unpaired) electrons. The van der Waals surface area contributed by atoms with Crippen molar-refractivity contribution in [3.8, 4) is 0 Å². The van der Waals surface area contributed by atoms with Crippen molar-refractivity contribution in [1.82, 2.24) is 3.97 Å². The van der Waals surface area contributed by atoms with Crippen LogP contribution in [0.25, 0.3) is 21.3 Å². The van der Waals surface area contributed by atoms with Crippen molar-refractivity contribution in [3.63, 3.8) is 0 Å². The van der Waals surface area contributed by atoms with E-state index in [2.05, 4.69) is 10.0 Å². The zero-order valence-corrected chi connectivity index (χ0v) is 15.3. The third-order valence-corrected chi connectivity index (χ3v) is 6.62. The van der Waals surface area contributed by atoms with Gasteiger partial charge in [0, 0.05) is 22.4 Å². The van der Waals surface area contributed by atoms with Crippen LogP contribution in [0.2, 0.25) is 0 Å². The number of azide groups is 1. The van der Waals surface area contributed by atoms with Gasteiger partial charge >= 0.3 is 0 Å². The van der Waals surface area contributed by atoms with E-state index in [0.717, 1.165) is 16.5 Å². The SMILES string of the molecule is Cc1ccc(S(=O)(=O)n2cc([C@H]3C[C@@H]3C(=O)N=[N+]=[N-])c3ccccc32)cc1. The van der Waals surface area contributed by atoms with E-state index in [1.807, 2.05) is 19.1 Å². The fourth-order valence-electron chi connectivity index (χ4n) is 3.42. The van der Waals surface area contributed by atoms with E-state index < -0.39 is 15.9 Å². The number of fused-ring (bicyclic) bond motifs is 1. The number of benzene rings is 2. The van der Waals surface area contributed by atoms with Gasteiger partial charge in [0.25, 0.3) is 10.0 Å². The maximum Gasteiger partial charge on any atom is 0.268 e. The highest BCUT2D eigenvalue weighted by molar-refractivity contribution is 7.90. The van der Waals surface area contributed by atoms with Crippen LogP contribution in [-0.4, -0.2) is 18.3 Å². The summed E-state index contributed by atoms with van der Waals surface area (Å²) in [4.78, 5) is 14.6. The largest absolute Gasteiger partial charge is 0.292 e. The molecule has 2 atom stereocenters. The van der Waals surface area contributed by atoms with Crippen molar-refractivity contribution in [1.29, 1.82) is 0 Å². The van der Waals surface area contributed by atoms with Gasteiger partial charge in [-0.05, 0) is 53.7 Å². The van der Waals surface area contributed by atoms with E-state index >= 15 is 0 Å². The highest BCUT2D eigenvalue weighted by Gasteiger charge is 2.45. The predicted octanol–water partition coefficient (Wildman–Crippen LogP) is 4.13. The number of rotatable bonds is 4. The van der Waals surface area contributed by atoms with Crippen molar-refractivity contribution in [2.75, 3.05) is 0 Å². The Hall–Kier alpha value is -3.09. The van der Waals surface area contributed by atoms with E-state index in [4.69, 9.17) is 5.53 Å². The first-order chi connectivity index (χ1) is 12.9. The molecule has 1 saturated carbocycles. The second-order valence-corrected chi connectivity index (χ2v) is 8.51. The molecule has 0 aliphatic heterocycles. The Balaban J connectivity index is 1.83. The number of hydrogen-bond donors (Lipinski definition) is 0. The van der Waals surface area contributed by atoms with Crippen LogP contribution < -0.4 is 0 Å². The molecule has 0 saturated heterocycles. The Morgan fingerprint density at radius 3 is 2.59 bits per heavy atom. The van der Waals surface area contributed by atoms with Crippen LogP contribution in [0.15, 0.2) is 64.7 Å². The van der Waals surface area contributed by atoms with E-state index in [1.54, 1.807) is 42.6 Å². The molecule has 0 N–H and O–H groups in total. The Morgan fingerprint density at radius 2 is 1.89 bits per heavy atom. The van der Waals surface area contributed by atoms with Crippen LogP contribution >= 0.6 is 0 Å². The molecule has 1 aliphatic rings. The predicted molar refractivity (Wildman–Crippen MR) is 101 cm³/mol. The molecular weight excluding hydrogens is 364 g/mol. The van der Waals surface area contributed by atoms with Gasteiger partial charge in [-0.2, -0.15) is 0 Å². The molecule has 3 aromatic rings. The van der Waals surface area contributed by atoms with E-state index in [9.17, 15) is 13.2 Å². The zero-order chi connectivity index (χ0) is 19.2. The van der Waals surface area contributed by atoms with E-state index in [1.165, 1.54) is 3.97 Å². The number of carbonyl (C=O) groups is 1. The Bertz CT molecular complexity index is 1210. The number of hydrogen-bond acceptors (Lipinski definition) is 3. The van der Waals surface area contributed by atoms with Crippen LogP contribution in [0, 0.1) is 12.8 Å². The summed E-state index contributed by atoms with van der Waals surface area (Å²) in [6, 6.07) is 13.9. The first-order valence-electron chi connectivity index (χ1n) is 8.44. The summed E-state index contributed by atoms with van der Waals surface area (Å²) in [6.07, 6.45) is 2.14. The first kappa shape index (κ1) is 17.3. The molecule has 27 heavy (non-hydrogen) atoms. The van der Waals surface area contributed by atoms with Crippen molar-refractivity contribution in [2.45, 2.75) is 24.2 Å². The molecule has 0 spiro atoms. The highest BCUT2D eigenvalue weighted by atomic mass is 32.2. The fourth-order valence-corrected chi connectivity index (χ4v) is 4.80. The van der Waals surface area contributed by atoms with Crippen molar-refractivity contribution >= 4 is 26.8 Å². The minimum atomic E-state index is -3.77. The average molecular weight is 380 g/mol. The van der Waals surface area contributed by atoms with Gasteiger partial charge in [-0.3, -0.25) is 4.79 Å². The molecular formula is C19H16N4O3S. The summed E-state index contributed by atoms with van der Waals surface area (Å²) in [5, 5.41) is 3.96. The molecule has 0 unspecified atom stereocenters. The van der Waals surface area contributed by atoms with Gasteiger partial charge in [0.1, 0.15) is 0 Å². The van der Waals surface area contributed by atoms with Gasteiger partial charge in [-0.1, -0.05) is 35.9 Å². The summed E-state index contributed by atoms with van der Waals surface area (Å²) in [7, 11) is -3.77. The molecule has 136 valence electrons. The van der Waals surface area contributed by atoms with Crippen molar-refractivity contribution in [2.24, 2.45) is 11.0 Å². The summed E-state index contributed by atoms with van der Waals surface area (Å²) < 4.78 is 27.6. The monoisotopic (exact) mass is 380 g/mol. The number of aromatic nitrogens is 1. The summed E-state index contributed by atoms with van der Waals surface area (Å²) in [6.45, 7) is 1.90. The Morgan fingerprint density at radius 1 is 1.19 bits per heavy atom. The van der Waals surface area contributed by atoms with E-state index in [0.29, 0.717) is 11.9 Å². The van der Waals surface area contributed by atoms with Crippen LogP contribution in [-0.2, 0) is 14.8 Å². The highest BCUT2D eigenvalue weighted by Crippen LogP contribution is 2.51. The molecule has 4 rings (SSSR count). The number of nitrogens with zero attached hydrogens (tertiary/aromatic N) is 4. The molecule has 1 heterocycles. The second kappa shape index (κ2) is 6.26. The maximum atomic E-state index is 13.2. The molecule has 1 aromatic heterocycles. The molecule has 2 aromatic carbocycles. The van der Waals surface area contributed by atoms with E-state index in [-0.39, 0.29) is 16.7 Å².